The van der Waals surface area contributed by atoms with E-state index in [4.69, 9.17) is 9.97 Å². The van der Waals surface area contributed by atoms with Crippen LogP contribution in [0.2, 0.25) is 13.1 Å². The largest absolute Gasteiger partial charge is 0.507 e. The Hall–Kier alpha value is -5.58. The molecule has 0 atom stereocenters. The predicted molar refractivity (Wildman–Crippen MR) is 263 cm³/mol. The summed E-state index contributed by atoms with van der Waals surface area (Å²) in [5.74, 6) is 0.961. The monoisotopic (exact) mass is 933 g/mol. The van der Waals surface area contributed by atoms with Crippen LogP contribution in [0.4, 0.5) is 0 Å². The molecule has 0 aliphatic carbocycles. The maximum atomic E-state index is 12.5. The van der Waals surface area contributed by atoms with E-state index in [9.17, 15) is 5.11 Å². The minimum Gasteiger partial charge on any atom is -0.507 e. The van der Waals surface area contributed by atoms with Crippen molar-refractivity contribution < 1.29 is 25.5 Å². The topological polar surface area (TPSA) is 55.9 Å². The van der Waals surface area contributed by atoms with Crippen molar-refractivity contribution in [1.29, 1.82) is 0 Å². The van der Waals surface area contributed by atoms with Gasteiger partial charge in [0, 0.05) is 48.5 Å². The first-order chi connectivity index (χ1) is 29.3. The molecule has 0 bridgehead atoms. The number of hydrogen-bond acceptors (Lipinski definition) is 3. The van der Waals surface area contributed by atoms with E-state index in [0.717, 1.165) is 72.4 Å². The van der Waals surface area contributed by atoms with Crippen molar-refractivity contribution in [3.63, 3.8) is 0 Å². The number of para-hydroxylation sites is 2. The van der Waals surface area contributed by atoms with E-state index >= 15 is 0 Å². The average molecular weight is 935 g/mol. The van der Waals surface area contributed by atoms with Gasteiger partial charge in [-0.1, -0.05) is 154 Å². The van der Waals surface area contributed by atoms with Crippen LogP contribution in [0, 0.1) is 6.07 Å². The number of phenols is 1. The molecule has 9 aromatic rings. The molecule has 320 valence electrons. The van der Waals surface area contributed by atoms with Crippen molar-refractivity contribution in [1.82, 2.24) is 19.1 Å². The number of rotatable bonds is 4. The van der Waals surface area contributed by atoms with Gasteiger partial charge in [-0.2, -0.15) is 0 Å². The molecule has 0 spiro atoms. The Morgan fingerprint density at radius 1 is 0.603 bits per heavy atom. The summed E-state index contributed by atoms with van der Waals surface area (Å²) in [6.45, 7) is 24.9. The molecule has 0 saturated carbocycles. The van der Waals surface area contributed by atoms with E-state index in [1.165, 1.54) is 26.8 Å². The number of pyridine rings is 1. The molecule has 63 heavy (non-hydrogen) atoms. The van der Waals surface area contributed by atoms with Crippen LogP contribution in [0.3, 0.4) is 0 Å². The molecule has 4 heterocycles. The third-order valence-corrected chi connectivity index (χ3v) is 16.7. The van der Waals surface area contributed by atoms with Gasteiger partial charge < -0.3 is 9.67 Å². The zero-order valence-electron chi connectivity index (χ0n) is 38.2. The number of imidazole rings is 1. The van der Waals surface area contributed by atoms with E-state index in [-0.39, 0.29) is 42.4 Å². The fourth-order valence-corrected chi connectivity index (χ4v) is 12.6. The van der Waals surface area contributed by atoms with Crippen LogP contribution in [0.5, 0.6) is 5.75 Å². The molecule has 0 radical (unpaired) electrons. The van der Waals surface area contributed by atoms with Crippen LogP contribution in [-0.2, 0) is 36.7 Å². The zero-order valence-corrected chi connectivity index (χ0v) is 40.7. The van der Waals surface area contributed by atoms with Gasteiger partial charge >= 0.3 is 0 Å². The second-order valence-electron chi connectivity index (χ2n) is 20.9. The van der Waals surface area contributed by atoms with Crippen LogP contribution in [-0.4, -0.2) is 32.3 Å². The van der Waals surface area contributed by atoms with Crippen molar-refractivity contribution in [3.05, 3.63) is 150 Å². The van der Waals surface area contributed by atoms with Gasteiger partial charge in [-0.3, -0.25) is 4.57 Å². The predicted octanol–water partition coefficient (Wildman–Crippen LogP) is 13.1. The molecule has 7 heteroatoms. The first-order valence-electron chi connectivity index (χ1n) is 21.9. The molecule has 3 aromatic heterocycles. The van der Waals surface area contributed by atoms with E-state index < -0.39 is 8.07 Å². The normalized spacial score (nSPS) is 13.7. The average Bonchev–Trinajstić information content (AvgIpc) is 3.78. The molecular formula is C56H55N4OPdSi-. The Bertz CT molecular complexity index is 3280. The molecule has 10 rings (SSSR count). The Kier molecular flexibility index (Phi) is 9.99. The van der Waals surface area contributed by atoms with Gasteiger partial charge in [-0.25, -0.2) is 9.97 Å². The molecule has 1 aliphatic rings. The molecule has 1 aliphatic heterocycles. The molecule has 0 fully saturated rings. The molecule has 0 saturated heterocycles. The molecule has 0 unspecified atom stereocenters. The summed E-state index contributed by atoms with van der Waals surface area (Å²) in [6, 6.07) is 47.9. The Morgan fingerprint density at radius 3 is 2.02 bits per heavy atom. The molecule has 0 amide bonds. The molecule has 6 aromatic carbocycles. The summed E-state index contributed by atoms with van der Waals surface area (Å²) in [5, 5.41) is 17.7. The van der Waals surface area contributed by atoms with Gasteiger partial charge in [0.15, 0.2) is 0 Å². The number of phenolic OH excluding ortho intramolecular Hbond substituents is 1. The van der Waals surface area contributed by atoms with Crippen molar-refractivity contribution in [2.45, 2.75) is 91.7 Å². The second-order valence-corrected chi connectivity index (χ2v) is 25.2. The van der Waals surface area contributed by atoms with E-state index in [0.29, 0.717) is 5.82 Å². The number of hydrogen-bond donors (Lipinski definition) is 1. The second kappa shape index (κ2) is 14.7. The third kappa shape index (κ3) is 6.74. The summed E-state index contributed by atoms with van der Waals surface area (Å²) in [6.07, 6.45) is 1.90. The SMILES string of the molecule is CC(C)(C)c1ccc(-n2c(-c3cc(C(C)(C)C)cc(C(C)(C)C)c3O)nc3c(-c4[c-]c5c(cc4)[Si](C)(C)c4cccc6c7cccnc7n-5c46)cccc32)c(-c2ccccc2)c1.[Pd]. The fourth-order valence-electron chi connectivity index (χ4n) is 9.68. The molecule has 5 nitrogen and oxygen atoms in total. The van der Waals surface area contributed by atoms with Crippen molar-refractivity contribution >= 4 is 51.4 Å². The maximum absolute atomic E-state index is 12.5. The quantitative estimate of drug-likeness (QED) is 0.141. The zero-order chi connectivity index (χ0) is 43.7. The van der Waals surface area contributed by atoms with Gasteiger partial charge in [0.25, 0.3) is 0 Å². The van der Waals surface area contributed by atoms with Crippen LogP contribution in [0.25, 0.3) is 78.0 Å². The van der Waals surface area contributed by atoms with Crippen molar-refractivity contribution in [2.75, 3.05) is 0 Å². The minimum absolute atomic E-state index is 0. The Labute approximate surface area is 386 Å². The first-order valence-corrected chi connectivity index (χ1v) is 24.9. The van der Waals surface area contributed by atoms with Crippen LogP contribution in [0.15, 0.2) is 128 Å². The summed E-state index contributed by atoms with van der Waals surface area (Å²) in [5.41, 5.74) is 13.7. The van der Waals surface area contributed by atoms with Crippen molar-refractivity contribution in [2.24, 2.45) is 0 Å². The Morgan fingerprint density at radius 2 is 1.30 bits per heavy atom. The Balaban J connectivity index is 0.00000504. The number of aromatic hydroxyl groups is 1. The third-order valence-electron chi connectivity index (χ3n) is 13.2. The maximum Gasteiger partial charge on any atom is 0.148 e. The number of benzene rings is 6. The van der Waals surface area contributed by atoms with Crippen LogP contribution < -0.4 is 10.4 Å². The van der Waals surface area contributed by atoms with Gasteiger partial charge in [0.1, 0.15) is 17.2 Å². The van der Waals surface area contributed by atoms with Crippen LogP contribution in [0.1, 0.15) is 79.0 Å². The minimum atomic E-state index is -2.13. The van der Waals surface area contributed by atoms with Crippen LogP contribution >= 0.6 is 0 Å². The number of aromatic nitrogens is 4. The van der Waals surface area contributed by atoms with Crippen molar-refractivity contribution in [3.8, 4) is 50.8 Å². The number of fused-ring (bicyclic) bond motifs is 6. The molecule has 1 N–H and O–H groups in total. The summed E-state index contributed by atoms with van der Waals surface area (Å²) in [7, 11) is -2.13. The van der Waals surface area contributed by atoms with E-state index in [1.54, 1.807) is 0 Å². The number of nitrogens with zero attached hydrogens (tertiary/aromatic N) is 4. The summed E-state index contributed by atoms with van der Waals surface area (Å²) in [4.78, 5) is 10.7. The summed E-state index contributed by atoms with van der Waals surface area (Å²) >= 11 is 0. The van der Waals surface area contributed by atoms with E-state index in [2.05, 4.69) is 206 Å². The first kappa shape index (κ1) is 42.7. The van der Waals surface area contributed by atoms with E-state index in [1.807, 2.05) is 12.3 Å². The molecular weight excluding hydrogens is 879 g/mol. The standard InChI is InChI=1S/C56H55N4OSi.Pd/c1-54(2,3)36-26-27-44(41(31-36)34-18-13-12-14-19-34)59-45-23-15-20-38(49(45)58-53(59)42-32-37(55(4,5)6)33-43(51(42)61)56(7,8)9)35-25-28-47-46(30-35)60-50-39(40-22-17-29-57-52(40)60)21-16-24-48(50)62(47,10)11;/h12-29,31-33,61H,1-11H3;/q-1;. The summed E-state index contributed by atoms with van der Waals surface area (Å²) < 4.78 is 4.65. The smallest absolute Gasteiger partial charge is 0.148 e. The fraction of sp³-hybridized carbons (Fsp3) is 0.250. The van der Waals surface area contributed by atoms with Gasteiger partial charge in [-0.05, 0) is 80.2 Å². The van der Waals surface area contributed by atoms with Gasteiger partial charge in [0.2, 0.25) is 0 Å². The van der Waals surface area contributed by atoms with Gasteiger partial charge in [-0.15, -0.1) is 28.9 Å². The van der Waals surface area contributed by atoms with Gasteiger partial charge in [0.05, 0.1) is 35.9 Å².